The van der Waals surface area contributed by atoms with Crippen LogP contribution in [-0.4, -0.2) is 40.1 Å². The number of rotatable bonds is 6. The van der Waals surface area contributed by atoms with Crippen LogP contribution in [0.4, 0.5) is 5.69 Å². The summed E-state index contributed by atoms with van der Waals surface area (Å²) in [5, 5.41) is 9.43. The van der Waals surface area contributed by atoms with E-state index in [0.717, 1.165) is 47.5 Å². The molecule has 1 amide bonds. The van der Waals surface area contributed by atoms with E-state index in [1.54, 1.807) is 7.11 Å². The zero-order valence-electron chi connectivity index (χ0n) is 16.0. The van der Waals surface area contributed by atoms with Crippen molar-refractivity contribution in [2.75, 3.05) is 24.3 Å². The zero-order valence-corrected chi connectivity index (χ0v) is 16.8. The summed E-state index contributed by atoms with van der Waals surface area (Å²) < 4.78 is 7.26. The minimum Gasteiger partial charge on any atom is -0.497 e. The molecule has 6 nitrogen and oxygen atoms in total. The molecule has 1 aromatic heterocycles. The van der Waals surface area contributed by atoms with E-state index < -0.39 is 0 Å². The summed E-state index contributed by atoms with van der Waals surface area (Å²) in [6.45, 7) is 3.53. The van der Waals surface area contributed by atoms with Crippen LogP contribution in [0.15, 0.2) is 53.7 Å². The quantitative estimate of drug-likeness (QED) is 0.597. The number of benzene rings is 2. The summed E-state index contributed by atoms with van der Waals surface area (Å²) in [5.74, 6) is 2.05. The Labute approximate surface area is 168 Å². The van der Waals surface area contributed by atoms with Gasteiger partial charge < -0.3 is 14.2 Å². The van der Waals surface area contributed by atoms with Crippen molar-refractivity contribution in [2.24, 2.45) is 0 Å². The molecule has 144 valence electrons. The van der Waals surface area contributed by atoms with E-state index in [1.165, 1.54) is 17.3 Å². The van der Waals surface area contributed by atoms with Gasteiger partial charge in [0.1, 0.15) is 5.75 Å². The fourth-order valence-electron chi connectivity index (χ4n) is 3.44. The second kappa shape index (κ2) is 8.06. The molecular weight excluding hydrogens is 372 g/mol. The lowest BCUT2D eigenvalue weighted by atomic mass is 10.2. The minimum atomic E-state index is 0.103. The summed E-state index contributed by atoms with van der Waals surface area (Å²) in [4.78, 5) is 14.6. The summed E-state index contributed by atoms with van der Waals surface area (Å²) in [6.07, 6.45) is 0.916. The van der Waals surface area contributed by atoms with Crippen molar-refractivity contribution in [3.8, 4) is 17.1 Å². The highest BCUT2D eigenvalue weighted by Crippen LogP contribution is 2.30. The van der Waals surface area contributed by atoms with E-state index in [9.17, 15) is 4.79 Å². The van der Waals surface area contributed by atoms with Gasteiger partial charge in [0.2, 0.25) is 5.91 Å². The maximum atomic E-state index is 12.8. The lowest BCUT2D eigenvalue weighted by Crippen LogP contribution is -2.30. The molecule has 0 bridgehead atoms. The van der Waals surface area contributed by atoms with Crippen LogP contribution in [0.25, 0.3) is 11.4 Å². The Balaban J connectivity index is 1.48. The van der Waals surface area contributed by atoms with E-state index in [0.29, 0.717) is 5.75 Å². The monoisotopic (exact) mass is 394 g/mol. The first-order valence-corrected chi connectivity index (χ1v) is 10.3. The number of thioether (sulfide) groups is 1. The van der Waals surface area contributed by atoms with Crippen molar-refractivity contribution in [3.05, 3.63) is 54.1 Å². The maximum Gasteiger partial charge on any atom is 0.237 e. The van der Waals surface area contributed by atoms with Gasteiger partial charge in [-0.25, -0.2) is 0 Å². The molecule has 0 aliphatic carbocycles. The van der Waals surface area contributed by atoms with E-state index in [2.05, 4.69) is 23.2 Å². The Morgan fingerprint density at radius 1 is 1.14 bits per heavy atom. The molecule has 1 aliphatic rings. The highest BCUT2D eigenvalue weighted by molar-refractivity contribution is 7.99. The number of carbonyl (C=O) groups excluding carboxylic acids is 1. The van der Waals surface area contributed by atoms with Gasteiger partial charge in [0.15, 0.2) is 11.0 Å². The normalized spacial score (nSPS) is 12.9. The number of aromatic nitrogens is 3. The van der Waals surface area contributed by atoms with Crippen molar-refractivity contribution >= 4 is 23.4 Å². The highest BCUT2D eigenvalue weighted by Gasteiger charge is 2.24. The predicted molar refractivity (Wildman–Crippen MR) is 111 cm³/mol. The van der Waals surface area contributed by atoms with Crippen LogP contribution in [0.2, 0.25) is 0 Å². The Morgan fingerprint density at radius 2 is 1.93 bits per heavy atom. The third-order valence-electron chi connectivity index (χ3n) is 4.89. The fourth-order valence-corrected chi connectivity index (χ4v) is 4.31. The van der Waals surface area contributed by atoms with Gasteiger partial charge in [-0.3, -0.25) is 4.79 Å². The number of para-hydroxylation sites is 1. The molecule has 0 atom stereocenters. The van der Waals surface area contributed by atoms with Gasteiger partial charge in [-0.05, 0) is 49.2 Å². The van der Waals surface area contributed by atoms with Crippen LogP contribution in [-0.2, 0) is 17.8 Å². The molecule has 0 radical (unpaired) electrons. The highest BCUT2D eigenvalue weighted by atomic mass is 32.2. The van der Waals surface area contributed by atoms with Crippen molar-refractivity contribution in [1.82, 2.24) is 14.8 Å². The topological polar surface area (TPSA) is 60.2 Å². The number of amides is 1. The van der Waals surface area contributed by atoms with Crippen LogP contribution >= 0.6 is 11.8 Å². The smallest absolute Gasteiger partial charge is 0.237 e. The number of anilines is 1. The number of fused-ring (bicyclic) bond motifs is 1. The van der Waals surface area contributed by atoms with Gasteiger partial charge >= 0.3 is 0 Å². The summed E-state index contributed by atoms with van der Waals surface area (Å²) in [7, 11) is 1.65. The molecule has 1 aliphatic heterocycles. The third-order valence-corrected chi connectivity index (χ3v) is 5.85. The van der Waals surface area contributed by atoms with Gasteiger partial charge in [0, 0.05) is 24.3 Å². The molecular formula is C21H22N4O2S. The molecule has 0 saturated heterocycles. The number of hydrogen-bond acceptors (Lipinski definition) is 5. The van der Waals surface area contributed by atoms with E-state index in [-0.39, 0.29) is 5.91 Å². The Morgan fingerprint density at radius 3 is 2.68 bits per heavy atom. The number of hydrogen-bond donors (Lipinski definition) is 0. The van der Waals surface area contributed by atoms with Crippen molar-refractivity contribution in [2.45, 2.75) is 25.0 Å². The standard InChI is InChI=1S/C21H22N4O2S/c1-3-24-20(16-8-10-17(27-2)11-9-16)22-23-21(24)28-14-19(26)25-13-12-15-6-4-5-7-18(15)25/h4-11H,3,12-14H2,1-2H3. The molecule has 0 saturated carbocycles. The van der Waals surface area contributed by atoms with Crippen LogP contribution in [0.5, 0.6) is 5.75 Å². The van der Waals surface area contributed by atoms with Crippen molar-refractivity contribution in [3.63, 3.8) is 0 Å². The first-order chi connectivity index (χ1) is 13.7. The molecule has 2 aromatic carbocycles. The van der Waals surface area contributed by atoms with Gasteiger partial charge in [-0.2, -0.15) is 0 Å². The van der Waals surface area contributed by atoms with Gasteiger partial charge in [0.05, 0.1) is 12.9 Å². The van der Waals surface area contributed by atoms with Crippen LogP contribution in [0, 0.1) is 0 Å². The molecule has 28 heavy (non-hydrogen) atoms. The Kier molecular flexibility index (Phi) is 5.34. The minimum absolute atomic E-state index is 0.103. The van der Waals surface area contributed by atoms with Crippen molar-refractivity contribution in [1.29, 1.82) is 0 Å². The summed E-state index contributed by atoms with van der Waals surface area (Å²) >= 11 is 1.44. The molecule has 0 unspecified atom stereocenters. The molecule has 0 fully saturated rings. The van der Waals surface area contributed by atoms with Crippen molar-refractivity contribution < 1.29 is 9.53 Å². The first-order valence-electron chi connectivity index (χ1n) is 9.30. The zero-order chi connectivity index (χ0) is 19.5. The van der Waals surface area contributed by atoms with Gasteiger partial charge in [-0.15, -0.1) is 10.2 Å². The second-order valence-corrected chi connectivity index (χ2v) is 7.43. The number of nitrogens with zero attached hydrogens (tertiary/aromatic N) is 4. The number of ether oxygens (including phenoxy) is 1. The maximum absolute atomic E-state index is 12.8. The summed E-state index contributed by atoms with van der Waals surface area (Å²) in [6, 6.07) is 15.9. The average Bonchev–Trinajstić information content (AvgIpc) is 3.36. The molecule has 4 rings (SSSR count). The van der Waals surface area contributed by atoms with E-state index in [4.69, 9.17) is 4.74 Å². The number of carbonyl (C=O) groups is 1. The van der Waals surface area contributed by atoms with Gasteiger partial charge in [0.25, 0.3) is 0 Å². The molecule has 0 spiro atoms. The summed E-state index contributed by atoms with van der Waals surface area (Å²) in [5.41, 5.74) is 3.24. The molecule has 7 heteroatoms. The predicted octanol–water partition coefficient (Wildman–Crippen LogP) is 3.66. The molecule has 0 N–H and O–H groups in total. The lowest BCUT2D eigenvalue weighted by molar-refractivity contribution is -0.116. The second-order valence-electron chi connectivity index (χ2n) is 6.49. The van der Waals surface area contributed by atoms with Gasteiger partial charge in [-0.1, -0.05) is 30.0 Å². The van der Waals surface area contributed by atoms with E-state index >= 15 is 0 Å². The largest absolute Gasteiger partial charge is 0.497 e. The van der Waals surface area contributed by atoms with E-state index in [1.807, 2.05) is 51.9 Å². The SMILES string of the molecule is CCn1c(SCC(=O)N2CCc3ccccc32)nnc1-c1ccc(OC)cc1. The molecule has 2 heterocycles. The lowest BCUT2D eigenvalue weighted by Gasteiger charge is -2.17. The fraction of sp³-hybridized carbons (Fsp3) is 0.286. The van der Waals surface area contributed by atoms with Crippen LogP contribution in [0.3, 0.4) is 0 Å². The average molecular weight is 395 g/mol. The van der Waals surface area contributed by atoms with Crippen LogP contribution in [0.1, 0.15) is 12.5 Å². The Hall–Kier alpha value is -2.80. The first kappa shape index (κ1) is 18.6. The third kappa shape index (κ3) is 3.49. The Bertz CT molecular complexity index is 984. The molecule has 3 aromatic rings. The number of methoxy groups -OCH3 is 1. The van der Waals surface area contributed by atoms with Crippen LogP contribution < -0.4 is 9.64 Å².